The van der Waals surface area contributed by atoms with Crippen LogP contribution in [0.5, 0.6) is 0 Å². The van der Waals surface area contributed by atoms with E-state index in [1.165, 1.54) is 17.5 Å². The van der Waals surface area contributed by atoms with Gasteiger partial charge in [-0.15, -0.1) is 0 Å². The second-order valence-corrected chi connectivity index (χ2v) is 5.97. The predicted octanol–water partition coefficient (Wildman–Crippen LogP) is 4.18. The van der Waals surface area contributed by atoms with E-state index in [1.807, 2.05) is 12.1 Å². The van der Waals surface area contributed by atoms with Crippen molar-refractivity contribution in [2.75, 3.05) is 18.4 Å². The number of anilines is 1. The minimum absolute atomic E-state index is 0.586. The Morgan fingerprint density at radius 1 is 1.10 bits per heavy atom. The number of hydrogen-bond donors (Lipinski definition) is 1. The van der Waals surface area contributed by atoms with Gasteiger partial charge in [-0.05, 0) is 42.8 Å². The van der Waals surface area contributed by atoms with Crippen LogP contribution in [0.15, 0.2) is 54.6 Å². The first kappa shape index (κ1) is 14.1. The summed E-state index contributed by atoms with van der Waals surface area (Å²) in [5, 5.41) is 4.22. The Hall–Kier alpha value is -1.87. The molecule has 1 atom stereocenters. The smallest absolute Gasteiger partial charge is 0.173 e. The van der Waals surface area contributed by atoms with Crippen molar-refractivity contribution < 1.29 is 0 Å². The number of aryl methyl sites for hydroxylation is 1. The number of likely N-dealkylation sites (tertiary alicyclic amines) is 1. The summed E-state index contributed by atoms with van der Waals surface area (Å²) in [5.74, 6) is 0.586. The SMILES string of the molecule is Cc1ccccc1NC(=S)N1CCC(c2ccccc2)C1. The van der Waals surface area contributed by atoms with E-state index in [4.69, 9.17) is 12.2 Å². The first-order valence-electron chi connectivity index (χ1n) is 7.40. The van der Waals surface area contributed by atoms with Crippen LogP contribution in [-0.4, -0.2) is 23.1 Å². The molecule has 21 heavy (non-hydrogen) atoms. The third kappa shape index (κ3) is 3.24. The number of thiocarbonyl (C=S) groups is 1. The molecule has 0 aliphatic carbocycles. The van der Waals surface area contributed by atoms with E-state index in [2.05, 4.69) is 59.6 Å². The van der Waals surface area contributed by atoms with Gasteiger partial charge >= 0.3 is 0 Å². The lowest BCUT2D eigenvalue weighted by Crippen LogP contribution is -2.32. The van der Waals surface area contributed by atoms with Gasteiger partial charge in [-0.25, -0.2) is 0 Å². The molecule has 1 saturated heterocycles. The highest BCUT2D eigenvalue weighted by molar-refractivity contribution is 7.80. The van der Waals surface area contributed by atoms with Crippen LogP contribution in [0.4, 0.5) is 5.69 Å². The minimum atomic E-state index is 0.586. The van der Waals surface area contributed by atoms with Crippen LogP contribution in [0.25, 0.3) is 0 Å². The van der Waals surface area contributed by atoms with Crippen molar-refractivity contribution in [3.63, 3.8) is 0 Å². The summed E-state index contributed by atoms with van der Waals surface area (Å²) in [6, 6.07) is 19.0. The molecule has 1 unspecified atom stereocenters. The molecule has 0 bridgehead atoms. The Morgan fingerprint density at radius 2 is 1.81 bits per heavy atom. The molecule has 1 N–H and O–H groups in total. The van der Waals surface area contributed by atoms with Gasteiger partial charge < -0.3 is 10.2 Å². The zero-order chi connectivity index (χ0) is 14.7. The van der Waals surface area contributed by atoms with Gasteiger partial charge in [-0.3, -0.25) is 0 Å². The van der Waals surface area contributed by atoms with Crippen LogP contribution < -0.4 is 5.32 Å². The van der Waals surface area contributed by atoms with E-state index in [9.17, 15) is 0 Å². The summed E-state index contributed by atoms with van der Waals surface area (Å²) in [5.41, 5.74) is 3.74. The predicted molar refractivity (Wildman–Crippen MR) is 92.8 cm³/mol. The maximum atomic E-state index is 5.57. The molecule has 1 aliphatic rings. The van der Waals surface area contributed by atoms with Gasteiger partial charge in [0.05, 0.1) is 0 Å². The zero-order valence-corrected chi connectivity index (χ0v) is 13.1. The molecule has 2 aromatic carbocycles. The fourth-order valence-corrected chi connectivity index (χ4v) is 3.13. The Kier molecular flexibility index (Phi) is 4.20. The van der Waals surface area contributed by atoms with Crippen molar-refractivity contribution >= 4 is 23.0 Å². The first-order valence-corrected chi connectivity index (χ1v) is 7.81. The van der Waals surface area contributed by atoms with Gasteiger partial charge in [0.1, 0.15) is 0 Å². The molecule has 1 aliphatic heterocycles. The van der Waals surface area contributed by atoms with E-state index in [0.717, 1.165) is 23.9 Å². The molecule has 1 fully saturated rings. The minimum Gasteiger partial charge on any atom is -0.348 e. The van der Waals surface area contributed by atoms with E-state index < -0.39 is 0 Å². The fourth-order valence-electron chi connectivity index (χ4n) is 2.85. The van der Waals surface area contributed by atoms with Crippen molar-refractivity contribution in [2.24, 2.45) is 0 Å². The monoisotopic (exact) mass is 296 g/mol. The second kappa shape index (κ2) is 6.27. The highest BCUT2D eigenvalue weighted by Gasteiger charge is 2.25. The Balaban J connectivity index is 1.64. The van der Waals surface area contributed by atoms with Gasteiger partial charge in [-0.2, -0.15) is 0 Å². The van der Waals surface area contributed by atoms with Gasteiger partial charge in [0.15, 0.2) is 5.11 Å². The van der Waals surface area contributed by atoms with Crippen molar-refractivity contribution in [1.29, 1.82) is 0 Å². The van der Waals surface area contributed by atoms with Crippen LogP contribution in [0.2, 0.25) is 0 Å². The van der Waals surface area contributed by atoms with E-state index in [0.29, 0.717) is 5.92 Å². The highest BCUT2D eigenvalue weighted by atomic mass is 32.1. The van der Waals surface area contributed by atoms with Crippen LogP contribution in [0, 0.1) is 6.92 Å². The fraction of sp³-hybridized carbons (Fsp3) is 0.278. The number of benzene rings is 2. The van der Waals surface area contributed by atoms with E-state index in [1.54, 1.807) is 0 Å². The van der Waals surface area contributed by atoms with Crippen LogP contribution in [0.1, 0.15) is 23.5 Å². The maximum absolute atomic E-state index is 5.57. The molecular formula is C18H20N2S. The second-order valence-electron chi connectivity index (χ2n) is 5.59. The van der Waals surface area contributed by atoms with Crippen LogP contribution in [-0.2, 0) is 0 Å². The highest BCUT2D eigenvalue weighted by Crippen LogP contribution is 2.27. The molecule has 3 heteroatoms. The molecule has 2 aromatic rings. The Labute approximate surface area is 131 Å². The van der Waals surface area contributed by atoms with Gasteiger partial charge in [0.2, 0.25) is 0 Å². The number of nitrogens with one attached hydrogen (secondary N) is 1. The molecule has 0 aromatic heterocycles. The molecule has 3 rings (SSSR count). The average molecular weight is 296 g/mol. The summed E-state index contributed by atoms with van der Waals surface area (Å²) < 4.78 is 0. The summed E-state index contributed by atoms with van der Waals surface area (Å²) in [6.07, 6.45) is 1.17. The molecule has 0 amide bonds. The number of nitrogens with zero attached hydrogens (tertiary/aromatic N) is 1. The molecule has 2 nitrogen and oxygen atoms in total. The molecule has 1 heterocycles. The summed E-state index contributed by atoms with van der Waals surface area (Å²) in [6.45, 7) is 4.13. The molecule has 0 radical (unpaired) electrons. The Morgan fingerprint density at radius 3 is 2.57 bits per heavy atom. The first-order chi connectivity index (χ1) is 10.2. The lowest BCUT2D eigenvalue weighted by Gasteiger charge is -2.21. The van der Waals surface area contributed by atoms with E-state index in [-0.39, 0.29) is 0 Å². The van der Waals surface area contributed by atoms with Crippen molar-refractivity contribution in [1.82, 2.24) is 4.90 Å². The van der Waals surface area contributed by atoms with Crippen molar-refractivity contribution in [2.45, 2.75) is 19.3 Å². The third-order valence-corrected chi connectivity index (χ3v) is 4.49. The third-order valence-electron chi connectivity index (χ3n) is 4.13. The zero-order valence-electron chi connectivity index (χ0n) is 12.3. The standard InChI is InChI=1S/C18H20N2S/c1-14-7-5-6-10-17(14)19-18(21)20-12-11-16(13-20)15-8-3-2-4-9-15/h2-10,16H,11-13H2,1H3,(H,19,21). The normalized spacial score (nSPS) is 17.8. The molecule has 108 valence electrons. The molecule has 0 saturated carbocycles. The van der Waals surface area contributed by atoms with Gasteiger partial charge in [0.25, 0.3) is 0 Å². The number of rotatable bonds is 2. The lowest BCUT2D eigenvalue weighted by molar-refractivity contribution is 0.518. The summed E-state index contributed by atoms with van der Waals surface area (Å²) in [4.78, 5) is 2.28. The topological polar surface area (TPSA) is 15.3 Å². The van der Waals surface area contributed by atoms with Crippen LogP contribution in [0.3, 0.4) is 0 Å². The molecular weight excluding hydrogens is 276 g/mol. The number of para-hydroxylation sites is 1. The van der Waals surface area contributed by atoms with Gasteiger partial charge in [-0.1, -0.05) is 48.5 Å². The summed E-state index contributed by atoms with van der Waals surface area (Å²) in [7, 11) is 0. The van der Waals surface area contributed by atoms with Crippen molar-refractivity contribution in [3.05, 3.63) is 65.7 Å². The van der Waals surface area contributed by atoms with Crippen molar-refractivity contribution in [3.8, 4) is 0 Å². The maximum Gasteiger partial charge on any atom is 0.173 e. The van der Waals surface area contributed by atoms with Crippen LogP contribution >= 0.6 is 12.2 Å². The average Bonchev–Trinajstić information content (AvgIpc) is 3.00. The lowest BCUT2D eigenvalue weighted by atomic mass is 9.99. The largest absolute Gasteiger partial charge is 0.348 e. The quantitative estimate of drug-likeness (QED) is 0.837. The van der Waals surface area contributed by atoms with E-state index >= 15 is 0 Å². The molecule has 0 spiro atoms. The Bertz CT molecular complexity index is 624. The summed E-state index contributed by atoms with van der Waals surface area (Å²) >= 11 is 5.57. The number of hydrogen-bond acceptors (Lipinski definition) is 1. The van der Waals surface area contributed by atoms with Gasteiger partial charge in [0, 0.05) is 24.7 Å².